The van der Waals surface area contributed by atoms with Crippen molar-refractivity contribution in [3.05, 3.63) is 96.6 Å². The van der Waals surface area contributed by atoms with Gasteiger partial charge in [0.25, 0.3) is 0 Å². The van der Waals surface area contributed by atoms with Crippen molar-refractivity contribution in [2.45, 2.75) is 0 Å². The molecule has 20 heavy (non-hydrogen) atoms. The molecule has 0 aliphatic heterocycles. The third-order valence-electron chi connectivity index (χ3n) is 2.38. The van der Waals surface area contributed by atoms with Gasteiger partial charge in [-0.1, -0.05) is 91.5 Å². The molecule has 0 spiro atoms. The van der Waals surface area contributed by atoms with E-state index in [0.29, 0.717) is 0 Å². The first kappa shape index (κ1) is 15.2. The van der Waals surface area contributed by atoms with E-state index >= 15 is 0 Å². The van der Waals surface area contributed by atoms with Gasteiger partial charge in [-0.2, -0.15) is 5.26 Å². The zero-order valence-corrected chi connectivity index (χ0v) is 11.3. The normalized spacial score (nSPS) is 9.75. The molecule has 2 aromatic carbocycles. The maximum absolute atomic E-state index is 7.51. The van der Waals surface area contributed by atoms with Crippen LogP contribution in [0.1, 0.15) is 11.1 Å². The Labute approximate surface area is 120 Å². The van der Waals surface area contributed by atoms with Crippen molar-refractivity contribution >= 4 is 12.2 Å². The Morgan fingerprint density at radius 2 is 1.10 bits per heavy atom. The van der Waals surface area contributed by atoms with Crippen LogP contribution in [0, 0.1) is 11.3 Å². The summed E-state index contributed by atoms with van der Waals surface area (Å²) in [6.07, 6.45) is 9.49. The lowest BCUT2D eigenvalue weighted by Gasteiger charge is -1.90. The quantitative estimate of drug-likeness (QED) is 0.555. The molecule has 0 radical (unpaired) electrons. The summed E-state index contributed by atoms with van der Waals surface area (Å²) in [5, 5.41) is 7.51. The van der Waals surface area contributed by atoms with E-state index in [0.717, 1.165) is 0 Å². The van der Waals surface area contributed by atoms with E-state index in [2.05, 4.69) is 55.1 Å². The van der Waals surface area contributed by atoms with Gasteiger partial charge >= 0.3 is 0 Å². The molecule has 0 saturated carbocycles. The number of nitriles is 1. The Balaban J connectivity index is 0.000000444. The van der Waals surface area contributed by atoms with Gasteiger partial charge < -0.3 is 0 Å². The van der Waals surface area contributed by atoms with Gasteiger partial charge in [0, 0.05) is 6.08 Å². The maximum Gasteiger partial charge on any atom is 0.0905 e. The minimum absolute atomic E-state index is 1.18. The minimum atomic E-state index is 1.18. The van der Waals surface area contributed by atoms with Gasteiger partial charge in [-0.25, -0.2) is 0 Å². The second kappa shape index (κ2) is 10.1. The third-order valence-corrected chi connectivity index (χ3v) is 2.38. The summed E-state index contributed by atoms with van der Waals surface area (Å²) in [6.45, 7) is 3.12. The third kappa shape index (κ3) is 6.78. The highest BCUT2D eigenvalue weighted by Crippen LogP contribution is 2.03. The van der Waals surface area contributed by atoms with Crippen LogP contribution in [0.25, 0.3) is 12.2 Å². The van der Waals surface area contributed by atoms with E-state index in [4.69, 9.17) is 5.26 Å². The molecular weight excluding hydrogens is 242 g/mol. The molecule has 0 fully saturated rings. The monoisotopic (exact) mass is 259 g/mol. The number of rotatable bonds is 3. The first-order chi connectivity index (χ1) is 9.86. The van der Waals surface area contributed by atoms with Crippen LogP contribution >= 0.6 is 0 Å². The minimum Gasteiger partial charge on any atom is -0.193 e. The molecule has 0 aromatic heterocycles. The van der Waals surface area contributed by atoms with Crippen LogP contribution in [0.5, 0.6) is 0 Å². The molecule has 1 nitrogen and oxygen atoms in total. The molecule has 0 heterocycles. The summed E-state index contributed by atoms with van der Waals surface area (Å²) in [6, 6.07) is 22.3. The van der Waals surface area contributed by atoms with Crippen molar-refractivity contribution in [1.29, 1.82) is 5.26 Å². The van der Waals surface area contributed by atoms with Gasteiger partial charge in [-0.15, -0.1) is 0 Å². The summed E-state index contributed by atoms with van der Waals surface area (Å²) >= 11 is 0. The summed E-state index contributed by atoms with van der Waals surface area (Å²) in [4.78, 5) is 0. The molecule has 0 N–H and O–H groups in total. The molecule has 2 aromatic rings. The zero-order chi connectivity index (χ0) is 14.5. The van der Waals surface area contributed by atoms with Crippen LogP contribution in [0.2, 0.25) is 0 Å². The van der Waals surface area contributed by atoms with Crippen molar-refractivity contribution in [2.75, 3.05) is 0 Å². The number of nitrogens with zero attached hydrogens (tertiary/aromatic N) is 1. The molecule has 0 aliphatic carbocycles. The summed E-state index contributed by atoms with van der Waals surface area (Å²) < 4.78 is 0. The van der Waals surface area contributed by atoms with Gasteiger partial charge in [0.1, 0.15) is 0 Å². The van der Waals surface area contributed by atoms with E-state index in [9.17, 15) is 0 Å². The molecule has 0 unspecified atom stereocenters. The van der Waals surface area contributed by atoms with Crippen LogP contribution in [-0.4, -0.2) is 0 Å². The van der Waals surface area contributed by atoms with Crippen LogP contribution in [-0.2, 0) is 0 Å². The molecule has 0 atom stereocenters. The first-order valence-corrected chi connectivity index (χ1v) is 6.32. The summed E-state index contributed by atoms with van der Waals surface area (Å²) in [5.41, 5.74) is 2.44. The fraction of sp³-hybridized carbons (Fsp3) is 0. The fourth-order valence-corrected chi connectivity index (χ4v) is 1.46. The standard InChI is InChI=1S/C16H14.C3H3N/c1-3-9-15(10-4-1)13-7-8-14-16-11-5-2-6-12-16;1-2-3-4/h1-14H;2H,1H2. The molecule has 2 rings (SSSR count). The Morgan fingerprint density at radius 3 is 1.40 bits per heavy atom. The lowest BCUT2D eigenvalue weighted by Crippen LogP contribution is -1.68. The predicted octanol–water partition coefficient (Wildman–Crippen LogP) is 5.11. The van der Waals surface area contributed by atoms with Crippen LogP contribution < -0.4 is 0 Å². The highest BCUT2D eigenvalue weighted by molar-refractivity contribution is 5.56. The Kier molecular flexibility index (Phi) is 7.69. The van der Waals surface area contributed by atoms with E-state index in [1.807, 2.05) is 36.4 Å². The van der Waals surface area contributed by atoms with E-state index in [1.54, 1.807) is 6.07 Å². The van der Waals surface area contributed by atoms with E-state index in [1.165, 1.54) is 17.2 Å². The second-order valence-corrected chi connectivity index (χ2v) is 3.87. The van der Waals surface area contributed by atoms with Crippen LogP contribution in [0.3, 0.4) is 0 Å². The zero-order valence-electron chi connectivity index (χ0n) is 11.3. The van der Waals surface area contributed by atoms with Crippen molar-refractivity contribution in [2.24, 2.45) is 0 Å². The largest absolute Gasteiger partial charge is 0.193 e. The number of benzene rings is 2. The lowest BCUT2D eigenvalue weighted by molar-refractivity contribution is 1.54. The smallest absolute Gasteiger partial charge is 0.0905 e. The molecule has 98 valence electrons. The number of hydrogen-bond donors (Lipinski definition) is 0. The Bertz CT molecular complexity index is 539. The van der Waals surface area contributed by atoms with Crippen LogP contribution in [0.15, 0.2) is 85.5 Å². The second-order valence-electron chi connectivity index (χ2n) is 3.87. The summed E-state index contributed by atoms with van der Waals surface area (Å²) in [5.74, 6) is 0. The van der Waals surface area contributed by atoms with Crippen molar-refractivity contribution in [3.63, 3.8) is 0 Å². The maximum atomic E-state index is 7.51. The molecular formula is C19H17N. The molecule has 1 heteroatoms. The van der Waals surface area contributed by atoms with E-state index in [-0.39, 0.29) is 0 Å². The highest BCUT2D eigenvalue weighted by atomic mass is 14.2. The van der Waals surface area contributed by atoms with Gasteiger partial charge in [-0.05, 0) is 11.1 Å². The number of allylic oxidation sites excluding steroid dienone is 3. The van der Waals surface area contributed by atoms with Crippen molar-refractivity contribution in [1.82, 2.24) is 0 Å². The van der Waals surface area contributed by atoms with Gasteiger partial charge in [0.15, 0.2) is 0 Å². The average molecular weight is 259 g/mol. The fourth-order valence-electron chi connectivity index (χ4n) is 1.46. The SMILES string of the molecule is C(C=Cc1ccccc1)=Cc1ccccc1.C=CC#N. The topological polar surface area (TPSA) is 23.8 Å². The summed E-state index contributed by atoms with van der Waals surface area (Å²) in [7, 11) is 0. The first-order valence-electron chi connectivity index (χ1n) is 6.32. The highest BCUT2D eigenvalue weighted by Gasteiger charge is 1.81. The van der Waals surface area contributed by atoms with Crippen LogP contribution in [0.4, 0.5) is 0 Å². The van der Waals surface area contributed by atoms with E-state index < -0.39 is 0 Å². The average Bonchev–Trinajstić information content (AvgIpc) is 2.54. The molecule has 0 aliphatic rings. The van der Waals surface area contributed by atoms with Gasteiger partial charge in [0.05, 0.1) is 6.07 Å². The predicted molar refractivity (Wildman–Crippen MR) is 86.8 cm³/mol. The van der Waals surface area contributed by atoms with Crippen molar-refractivity contribution < 1.29 is 0 Å². The van der Waals surface area contributed by atoms with Gasteiger partial charge in [-0.3, -0.25) is 0 Å². The lowest BCUT2D eigenvalue weighted by atomic mass is 10.2. The van der Waals surface area contributed by atoms with Crippen molar-refractivity contribution in [3.8, 4) is 6.07 Å². The molecule has 0 saturated heterocycles. The Morgan fingerprint density at radius 1 is 0.750 bits per heavy atom. The Hall–Kier alpha value is -2.85. The number of hydrogen-bond acceptors (Lipinski definition) is 1. The molecule has 0 bridgehead atoms. The van der Waals surface area contributed by atoms with Gasteiger partial charge in [0.2, 0.25) is 0 Å². The molecule has 0 amide bonds.